The maximum absolute atomic E-state index is 5.77. The Morgan fingerprint density at radius 2 is 2.40 bits per heavy atom. The normalized spacial score (nSPS) is 23.1. The first-order valence-electron chi connectivity index (χ1n) is 5.44. The summed E-state index contributed by atoms with van der Waals surface area (Å²) in [6, 6.07) is 0.544. The van der Waals surface area contributed by atoms with Gasteiger partial charge in [0.1, 0.15) is 0 Å². The number of likely N-dealkylation sites (tertiary alicyclic amines) is 1. The number of anilines is 1. The molecule has 1 saturated heterocycles. The lowest BCUT2D eigenvalue weighted by Gasteiger charge is -2.34. The minimum atomic E-state index is 0.544. The number of nitrogens with zero attached hydrogens (tertiary/aromatic N) is 2. The maximum Gasteiger partial charge on any atom is 0.180 e. The second-order valence-electron chi connectivity index (χ2n) is 4.02. The Balaban J connectivity index is 1.97. The van der Waals surface area contributed by atoms with Crippen molar-refractivity contribution in [3.8, 4) is 0 Å². The summed E-state index contributed by atoms with van der Waals surface area (Å²) in [4.78, 5) is 7.77. The van der Waals surface area contributed by atoms with Crippen LogP contribution in [-0.2, 0) is 6.54 Å². The Labute approximate surface area is 94.3 Å². The van der Waals surface area contributed by atoms with E-state index in [0.29, 0.717) is 11.2 Å². The van der Waals surface area contributed by atoms with E-state index in [0.717, 1.165) is 19.6 Å². The lowest BCUT2D eigenvalue weighted by molar-refractivity contribution is 0.146. The van der Waals surface area contributed by atoms with Crippen LogP contribution in [0.15, 0.2) is 6.20 Å². The molecule has 0 amide bonds. The van der Waals surface area contributed by atoms with Crippen molar-refractivity contribution >= 4 is 16.5 Å². The summed E-state index contributed by atoms with van der Waals surface area (Å²) < 4.78 is 0. The highest BCUT2D eigenvalue weighted by atomic mass is 32.1. The van der Waals surface area contributed by atoms with E-state index >= 15 is 0 Å². The molecule has 0 radical (unpaired) electrons. The molecular formula is C10H18N4S. The highest BCUT2D eigenvalue weighted by molar-refractivity contribution is 7.15. The van der Waals surface area contributed by atoms with Crippen molar-refractivity contribution in [2.75, 3.05) is 18.8 Å². The van der Waals surface area contributed by atoms with Crippen LogP contribution in [0.3, 0.4) is 0 Å². The van der Waals surface area contributed by atoms with Gasteiger partial charge in [-0.05, 0) is 19.4 Å². The number of piperidine rings is 1. The second-order valence-corrected chi connectivity index (χ2v) is 5.17. The topological polar surface area (TPSA) is 68.2 Å². The lowest BCUT2D eigenvalue weighted by Crippen LogP contribution is -2.43. The van der Waals surface area contributed by atoms with Crippen LogP contribution in [0.5, 0.6) is 0 Å². The van der Waals surface area contributed by atoms with Crippen LogP contribution in [0.25, 0.3) is 0 Å². The van der Waals surface area contributed by atoms with Crippen molar-refractivity contribution in [1.29, 1.82) is 0 Å². The monoisotopic (exact) mass is 226 g/mol. The molecule has 1 unspecified atom stereocenters. The van der Waals surface area contributed by atoms with Gasteiger partial charge in [-0.2, -0.15) is 0 Å². The molecule has 0 aliphatic carbocycles. The van der Waals surface area contributed by atoms with E-state index in [2.05, 4.69) is 9.88 Å². The van der Waals surface area contributed by atoms with Gasteiger partial charge in [0.05, 0.1) is 0 Å². The summed E-state index contributed by atoms with van der Waals surface area (Å²) in [5, 5.41) is 0.659. The average Bonchev–Trinajstić information content (AvgIpc) is 2.65. The molecule has 0 spiro atoms. The predicted molar refractivity (Wildman–Crippen MR) is 63.6 cm³/mol. The minimum Gasteiger partial charge on any atom is -0.375 e. The molecule has 4 nitrogen and oxygen atoms in total. The number of thiazole rings is 1. The van der Waals surface area contributed by atoms with Gasteiger partial charge in [0.25, 0.3) is 0 Å². The third-order valence-corrected chi connectivity index (χ3v) is 3.76. The smallest absolute Gasteiger partial charge is 0.180 e. The van der Waals surface area contributed by atoms with Crippen molar-refractivity contribution in [1.82, 2.24) is 9.88 Å². The number of hydrogen-bond acceptors (Lipinski definition) is 5. The molecule has 84 valence electrons. The molecule has 1 atom stereocenters. The van der Waals surface area contributed by atoms with Crippen molar-refractivity contribution in [3.05, 3.63) is 11.1 Å². The highest BCUT2D eigenvalue weighted by Crippen LogP contribution is 2.22. The highest BCUT2D eigenvalue weighted by Gasteiger charge is 2.21. The lowest BCUT2D eigenvalue weighted by atomic mass is 10.0. The summed E-state index contributed by atoms with van der Waals surface area (Å²) in [5.74, 6) is 0. The molecule has 1 aromatic heterocycles. The van der Waals surface area contributed by atoms with Gasteiger partial charge in [0.15, 0.2) is 5.13 Å². The van der Waals surface area contributed by atoms with E-state index in [1.807, 2.05) is 6.20 Å². The van der Waals surface area contributed by atoms with Gasteiger partial charge in [-0.15, -0.1) is 11.3 Å². The van der Waals surface area contributed by atoms with E-state index in [9.17, 15) is 0 Å². The average molecular weight is 226 g/mol. The fourth-order valence-electron chi connectivity index (χ4n) is 2.13. The summed E-state index contributed by atoms with van der Waals surface area (Å²) in [6.07, 6.45) is 5.70. The molecule has 15 heavy (non-hydrogen) atoms. The van der Waals surface area contributed by atoms with Crippen LogP contribution in [0.4, 0.5) is 5.13 Å². The summed E-state index contributed by atoms with van der Waals surface area (Å²) in [7, 11) is 0. The van der Waals surface area contributed by atoms with Crippen LogP contribution < -0.4 is 11.5 Å². The first-order chi connectivity index (χ1) is 7.29. The van der Waals surface area contributed by atoms with Crippen LogP contribution in [-0.4, -0.2) is 29.0 Å². The third kappa shape index (κ3) is 2.68. The van der Waals surface area contributed by atoms with Gasteiger partial charge in [-0.1, -0.05) is 6.42 Å². The van der Waals surface area contributed by atoms with Crippen LogP contribution in [0, 0.1) is 0 Å². The molecule has 1 aromatic rings. The number of nitrogen functional groups attached to an aromatic ring is 1. The van der Waals surface area contributed by atoms with Crippen LogP contribution in [0.1, 0.15) is 24.1 Å². The summed E-state index contributed by atoms with van der Waals surface area (Å²) in [5.41, 5.74) is 11.4. The first-order valence-corrected chi connectivity index (χ1v) is 6.25. The fourth-order valence-corrected chi connectivity index (χ4v) is 2.84. The largest absolute Gasteiger partial charge is 0.375 e. The van der Waals surface area contributed by atoms with Crippen LogP contribution in [0.2, 0.25) is 0 Å². The minimum absolute atomic E-state index is 0.544. The maximum atomic E-state index is 5.77. The van der Waals surface area contributed by atoms with Crippen molar-refractivity contribution < 1.29 is 0 Å². The standard InChI is InChI=1S/C10H18N4S/c11-5-8-3-1-2-4-14(8)7-9-6-13-10(12)15-9/h6,8H,1-5,7,11H2,(H2,12,13). The molecule has 1 aliphatic heterocycles. The van der Waals surface area contributed by atoms with E-state index in [-0.39, 0.29) is 0 Å². The zero-order valence-electron chi connectivity index (χ0n) is 8.85. The Morgan fingerprint density at radius 1 is 1.53 bits per heavy atom. The van der Waals surface area contributed by atoms with Crippen molar-refractivity contribution in [3.63, 3.8) is 0 Å². The summed E-state index contributed by atoms with van der Waals surface area (Å²) in [6.45, 7) is 2.87. The Hall–Kier alpha value is -0.650. The molecule has 0 bridgehead atoms. The molecule has 0 aromatic carbocycles. The number of hydrogen-bond donors (Lipinski definition) is 2. The van der Waals surface area contributed by atoms with Crippen molar-refractivity contribution in [2.45, 2.75) is 31.8 Å². The van der Waals surface area contributed by atoms with E-state index < -0.39 is 0 Å². The van der Waals surface area contributed by atoms with Gasteiger partial charge in [-0.3, -0.25) is 4.90 Å². The SMILES string of the molecule is NCC1CCCCN1Cc1cnc(N)s1. The van der Waals surface area contributed by atoms with Crippen molar-refractivity contribution in [2.24, 2.45) is 5.73 Å². The second kappa shape index (κ2) is 4.92. The molecular weight excluding hydrogens is 208 g/mol. The fraction of sp³-hybridized carbons (Fsp3) is 0.700. The van der Waals surface area contributed by atoms with E-state index in [4.69, 9.17) is 11.5 Å². The zero-order valence-corrected chi connectivity index (χ0v) is 9.67. The van der Waals surface area contributed by atoms with Gasteiger partial charge >= 0.3 is 0 Å². The van der Waals surface area contributed by atoms with Gasteiger partial charge in [0, 0.05) is 30.2 Å². The zero-order chi connectivity index (χ0) is 10.7. The van der Waals surface area contributed by atoms with Gasteiger partial charge in [-0.25, -0.2) is 4.98 Å². The number of rotatable bonds is 3. The third-order valence-electron chi connectivity index (χ3n) is 2.95. The van der Waals surface area contributed by atoms with E-state index in [1.54, 1.807) is 11.3 Å². The summed E-state index contributed by atoms with van der Waals surface area (Å²) >= 11 is 1.58. The molecule has 2 rings (SSSR count). The number of aromatic nitrogens is 1. The molecule has 5 heteroatoms. The molecule has 0 saturated carbocycles. The quantitative estimate of drug-likeness (QED) is 0.808. The molecule has 1 fully saturated rings. The Kier molecular flexibility index (Phi) is 3.56. The molecule has 2 heterocycles. The van der Waals surface area contributed by atoms with E-state index in [1.165, 1.54) is 24.1 Å². The van der Waals surface area contributed by atoms with Gasteiger partial charge < -0.3 is 11.5 Å². The number of nitrogens with two attached hydrogens (primary N) is 2. The van der Waals surface area contributed by atoms with Crippen LogP contribution >= 0.6 is 11.3 Å². The molecule has 4 N–H and O–H groups in total. The first kappa shape index (κ1) is 10.9. The molecule has 1 aliphatic rings. The Morgan fingerprint density at radius 3 is 3.07 bits per heavy atom. The predicted octanol–water partition coefficient (Wildman–Crippen LogP) is 1.04. The van der Waals surface area contributed by atoms with Gasteiger partial charge in [0.2, 0.25) is 0 Å². The Bertz CT molecular complexity index is 312.